The van der Waals surface area contributed by atoms with Gasteiger partial charge in [0.2, 0.25) is 5.91 Å². The zero-order chi connectivity index (χ0) is 14.4. The van der Waals surface area contributed by atoms with E-state index in [2.05, 4.69) is 10.3 Å². The van der Waals surface area contributed by atoms with Gasteiger partial charge in [-0.3, -0.25) is 9.79 Å². The molecule has 1 aliphatic rings. The predicted molar refractivity (Wildman–Crippen MR) is 78.1 cm³/mol. The number of carbonyl (C=O) groups is 1. The Morgan fingerprint density at radius 1 is 1.44 bits per heavy atom. The van der Waals surface area contributed by atoms with Crippen molar-refractivity contribution in [3.8, 4) is 0 Å². The van der Waals surface area contributed by atoms with Crippen LogP contribution in [-0.4, -0.2) is 35.9 Å². The number of aliphatic hydroxyl groups excluding tert-OH is 1. The zero-order valence-electron chi connectivity index (χ0n) is 12.4. The molecule has 1 rings (SSSR count). The highest BCUT2D eigenvalue weighted by atomic mass is 16.3. The molecule has 0 aromatic carbocycles. The summed E-state index contributed by atoms with van der Waals surface area (Å²) in [6.07, 6.45) is 5.42. The molecule has 0 spiro atoms. The first-order valence-electron chi connectivity index (χ1n) is 6.83. The lowest BCUT2D eigenvalue weighted by molar-refractivity contribution is -0.119. The summed E-state index contributed by atoms with van der Waals surface area (Å²) in [7, 11) is 0. The number of hydrogen-bond donors (Lipinski definition) is 2. The van der Waals surface area contributed by atoms with Crippen LogP contribution in [0.5, 0.6) is 0 Å². The van der Waals surface area contributed by atoms with Crippen molar-refractivity contribution in [2.75, 3.05) is 13.2 Å². The van der Waals surface area contributed by atoms with E-state index in [0.717, 1.165) is 18.7 Å². The van der Waals surface area contributed by atoms with Gasteiger partial charge >= 0.3 is 0 Å². The number of rotatable bonds is 4. The average Bonchev–Trinajstić information content (AvgIpc) is 2.43. The Bertz CT molecular complexity index is 261. The number of dihydropyridines is 1. The molecule has 0 aliphatic carbocycles. The minimum absolute atomic E-state index is 0.0534. The lowest BCUT2D eigenvalue weighted by Gasteiger charge is -2.18. The van der Waals surface area contributed by atoms with Gasteiger partial charge in [0.25, 0.3) is 0 Å². The van der Waals surface area contributed by atoms with E-state index >= 15 is 0 Å². The second-order valence-corrected chi connectivity index (χ2v) is 3.26. The van der Waals surface area contributed by atoms with Crippen molar-refractivity contribution in [3.63, 3.8) is 0 Å². The molecule has 1 aliphatic heterocycles. The van der Waals surface area contributed by atoms with Gasteiger partial charge < -0.3 is 10.4 Å². The molecule has 0 aromatic rings. The van der Waals surface area contributed by atoms with E-state index in [4.69, 9.17) is 5.11 Å². The van der Waals surface area contributed by atoms with Crippen LogP contribution in [0.25, 0.3) is 0 Å². The van der Waals surface area contributed by atoms with Crippen LogP contribution in [0.2, 0.25) is 0 Å². The third-order valence-electron chi connectivity index (χ3n) is 2.03. The molecule has 4 nitrogen and oxygen atoms in total. The molecular weight excluding hydrogens is 228 g/mol. The molecule has 4 heteroatoms. The average molecular weight is 256 g/mol. The van der Waals surface area contributed by atoms with E-state index in [1.165, 1.54) is 6.92 Å². The molecule has 0 unspecified atom stereocenters. The predicted octanol–water partition coefficient (Wildman–Crippen LogP) is 2.33. The number of aliphatic imine (C=N–C) groups is 1. The van der Waals surface area contributed by atoms with Gasteiger partial charge in [-0.2, -0.15) is 0 Å². The van der Waals surface area contributed by atoms with Gasteiger partial charge in [0.1, 0.15) is 0 Å². The molecule has 0 bridgehead atoms. The van der Waals surface area contributed by atoms with Crippen molar-refractivity contribution < 1.29 is 9.90 Å². The van der Waals surface area contributed by atoms with Crippen LogP contribution in [-0.2, 0) is 4.79 Å². The number of hydrogen-bond acceptors (Lipinski definition) is 3. The summed E-state index contributed by atoms with van der Waals surface area (Å²) in [5.74, 6) is -0.0925. The third-order valence-corrected chi connectivity index (χ3v) is 2.03. The summed E-state index contributed by atoms with van der Waals surface area (Å²) >= 11 is 0. The topological polar surface area (TPSA) is 61.7 Å². The highest BCUT2D eigenvalue weighted by Crippen LogP contribution is 2.03. The van der Waals surface area contributed by atoms with Crippen LogP contribution in [0, 0.1) is 0 Å². The maximum absolute atomic E-state index is 10.9. The van der Waals surface area contributed by atoms with Gasteiger partial charge in [-0.15, -0.1) is 0 Å². The van der Waals surface area contributed by atoms with E-state index in [9.17, 15) is 4.79 Å². The van der Waals surface area contributed by atoms with Gasteiger partial charge in [-0.1, -0.05) is 33.8 Å². The van der Waals surface area contributed by atoms with Gasteiger partial charge in [0.05, 0.1) is 11.8 Å². The normalized spacial score (nSPS) is 14.2. The summed E-state index contributed by atoms with van der Waals surface area (Å²) in [5.41, 5.74) is 0.862. The molecule has 0 saturated heterocycles. The van der Waals surface area contributed by atoms with Gasteiger partial charge in [-0.25, -0.2) is 0 Å². The summed E-state index contributed by atoms with van der Waals surface area (Å²) in [6.45, 7) is 10.3. The fourth-order valence-electron chi connectivity index (χ4n) is 1.42. The maximum Gasteiger partial charge on any atom is 0.217 e. The minimum atomic E-state index is -0.144. The number of amides is 1. The summed E-state index contributed by atoms with van der Waals surface area (Å²) in [5, 5.41) is 11.6. The van der Waals surface area contributed by atoms with Gasteiger partial charge in [-0.05, 0) is 18.9 Å². The Morgan fingerprint density at radius 2 is 2.06 bits per heavy atom. The first-order chi connectivity index (χ1) is 8.74. The van der Waals surface area contributed by atoms with Crippen molar-refractivity contribution in [3.05, 3.63) is 12.2 Å². The standard InChI is InChI=1S/C10H16N2O2.2C2H6/c1-8(14)12-10(5-7-13)9-4-2-3-6-11-9;2*1-2/h2,4,10,13H,3,5-7H2,1H3,(H,12,14);2*1-2H3/t10-;;/m0../s1. The van der Waals surface area contributed by atoms with Crippen molar-refractivity contribution in [1.82, 2.24) is 5.32 Å². The highest BCUT2D eigenvalue weighted by Gasteiger charge is 2.15. The molecule has 0 radical (unpaired) electrons. The van der Waals surface area contributed by atoms with Crippen LogP contribution in [0.1, 0.15) is 47.5 Å². The van der Waals surface area contributed by atoms with Crippen LogP contribution in [0.4, 0.5) is 0 Å². The summed E-state index contributed by atoms with van der Waals surface area (Å²) in [4.78, 5) is 15.2. The van der Waals surface area contributed by atoms with E-state index in [1.807, 2.05) is 39.8 Å². The highest BCUT2D eigenvalue weighted by molar-refractivity contribution is 6.01. The Balaban J connectivity index is 0. The third kappa shape index (κ3) is 8.93. The summed E-state index contributed by atoms with van der Waals surface area (Å²) < 4.78 is 0. The van der Waals surface area contributed by atoms with Crippen LogP contribution < -0.4 is 5.32 Å². The van der Waals surface area contributed by atoms with E-state index in [-0.39, 0.29) is 18.6 Å². The fraction of sp³-hybridized carbons (Fsp3) is 0.714. The molecule has 0 fully saturated rings. The Kier molecular flexibility index (Phi) is 14.8. The summed E-state index contributed by atoms with van der Waals surface area (Å²) in [6, 6.07) is -0.144. The van der Waals surface area contributed by atoms with Crippen molar-refractivity contribution in [1.29, 1.82) is 0 Å². The first-order valence-corrected chi connectivity index (χ1v) is 6.83. The van der Waals surface area contributed by atoms with Gasteiger partial charge in [0, 0.05) is 20.1 Å². The Hall–Kier alpha value is -1.16. The van der Waals surface area contributed by atoms with Crippen molar-refractivity contribution in [2.24, 2.45) is 4.99 Å². The molecule has 1 amide bonds. The van der Waals surface area contributed by atoms with Crippen molar-refractivity contribution >= 4 is 11.6 Å². The second kappa shape index (κ2) is 13.9. The monoisotopic (exact) mass is 256 g/mol. The molecule has 2 N–H and O–H groups in total. The molecule has 18 heavy (non-hydrogen) atoms. The smallest absolute Gasteiger partial charge is 0.217 e. The number of nitrogens with zero attached hydrogens (tertiary/aromatic N) is 1. The molecule has 106 valence electrons. The lowest BCUT2D eigenvalue weighted by atomic mass is 10.1. The number of nitrogens with one attached hydrogen (secondary N) is 1. The van der Waals surface area contributed by atoms with Gasteiger partial charge in [0.15, 0.2) is 0 Å². The van der Waals surface area contributed by atoms with Crippen LogP contribution in [0.15, 0.2) is 17.1 Å². The molecule has 0 saturated carbocycles. The van der Waals surface area contributed by atoms with Crippen LogP contribution >= 0.6 is 0 Å². The number of aliphatic hydroxyl groups is 1. The lowest BCUT2D eigenvalue weighted by Crippen LogP contribution is -2.40. The van der Waals surface area contributed by atoms with E-state index in [0.29, 0.717) is 6.42 Å². The Morgan fingerprint density at radius 3 is 2.44 bits per heavy atom. The first kappa shape index (κ1) is 19.2. The van der Waals surface area contributed by atoms with E-state index < -0.39 is 0 Å². The quantitative estimate of drug-likeness (QED) is 0.811. The molecule has 0 aromatic heterocycles. The largest absolute Gasteiger partial charge is 0.396 e. The Labute approximate surface area is 111 Å². The minimum Gasteiger partial charge on any atom is -0.396 e. The SMILES string of the molecule is CC.CC.CC(=O)N[C@@H](CCO)C1=NCCC=C1. The second-order valence-electron chi connectivity index (χ2n) is 3.26. The number of carbonyl (C=O) groups excluding carboxylic acids is 1. The van der Waals surface area contributed by atoms with E-state index in [1.54, 1.807) is 0 Å². The molecule has 1 atom stereocenters. The maximum atomic E-state index is 10.9. The zero-order valence-corrected chi connectivity index (χ0v) is 12.4. The fourth-order valence-corrected chi connectivity index (χ4v) is 1.42. The molecular formula is C14H28N2O2. The van der Waals surface area contributed by atoms with Crippen molar-refractivity contribution in [2.45, 2.75) is 53.5 Å². The molecule has 1 heterocycles. The van der Waals surface area contributed by atoms with Crippen LogP contribution in [0.3, 0.4) is 0 Å².